The van der Waals surface area contributed by atoms with Crippen LogP contribution in [0.4, 0.5) is 4.39 Å². The first-order valence-electron chi connectivity index (χ1n) is 6.19. The molecule has 0 amide bonds. The van der Waals surface area contributed by atoms with Crippen LogP contribution < -0.4 is 5.73 Å². The van der Waals surface area contributed by atoms with Crippen molar-refractivity contribution in [2.45, 2.75) is 24.8 Å². The smallest absolute Gasteiger partial charge is 0.129 e. The van der Waals surface area contributed by atoms with Crippen LogP contribution in [0.15, 0.2) is 41.3 Å². The molecule has 1 nitrogen and oxygen atoms in total. The van der Waals surface area contributed by atoms with Crippen molar-refractivity contribution in [3.8, 4) is 0 Å². The summed E-state index contributed by atoms with van der Waals surface area (Å²) in [5.41, 5.74) is 9.55. The van der Waals surface area contributed by atoms with Crippen molar-refractivity contribution in [1.82, 2.24) is 0 Å². The zero-order valence-electron chi connectivity index (χ0n) is 11.4. The van der Waals surface area contributed by atoms with Gasteiger partial charge in [-0.15, -0.1) is 11.8 Å². The number of rotatable bonds is 3. The monoisotopic (exact) mass is 275 g/mol. The summed E-state index contributed by atoms with van der Waals surface area (Å²) in [4.78, 5) is 1.21. The van der Waals surface area contributed by atoms with Gasteiger partial charge >= 0.3 is 0 Å². The molecule has 2 rings (SSSR count). The zero-order valence-corrected chi connectivity index (χ0v) is 12.2. The van der Waals surface area contributed by atoms with E-state index in [-0.39, 0.29) is 11.9 Å². The van der Waals surface area contributed by atoms with E-state index in [9.17, 15) is 4.39 Å². The molecule has 100 valence electrons. The minimum Gasteiger partial charge on any atom is -0.320 e. The predicted molar refractivity (Wildman–Crippen MR) is 80.1 cm³/mol. The largest absolute Gasteiger partial charge is 0.320 e. The average molecular weight is 275 g/mol. The summed E-state index contributed by atoms with van der Waals surface area (Å²) in [6.07, 6.45) is 2.04. The standard InChI is InChI=1S/C16H18FNS/c1-10-8-13(9-11(2)15(10)17)16(18)12-4-6-14(19-3)7-5-12/h4-9,16H,18H2,1-3H3. The lowest BCUT2D eigenvalue weighted by Gasteiger charge is -2.15. The molecule has 19 heavy (non-hydrogen) atoms. The number of nitrogens with two attached hydrogens (primary N) is 1. The molecule has 0 aliphatic carbocycles. The number of aryl methyl sites for hydroxylation is 2. The Balaban J connectivity index is 2.35. The van der Waals surface area contributed by atoms with Crippen LogP contribution in [-0.2, 0) is 0 Å². The SMILES string of the molecule is CSc1ccc(C(N)c2cc(C)c(F)c(C)c2)cc1. The molecule has 2 N–H and O–H groups in total. The molecule has 0 saturated carbocycles. The first-order chi connectivity index (χ1) is 9.02. The first kappa shape index (κ1) is 14.1. The summed E-state index contributed by atoms with van der Waals surface area (Å²) < 4.78 is 13.6. The van der Waals surface area contributed by atoms with Gasteiger partial charge in [0.1, 0.15) is 5.82 Å². The number of benzene rings is 2. The molecule has 1 atom stereocenters. The second-order valence-electron chi connectivity index (χ2n) is 4.72. The van der Waals surface area contributed by atoms with Crippen LogP contribution in [0.2, 0.25) is 0 Å². The summed E-state index contributed by atoms with van der Waals surface area (Å²) in [6, 6.07) is 11.6. The molecule has 0 saturated heterocycles. The molecule has 2 aromatic carbocycles. The lowest BCUT2D eigenvalue weighted by atomic mass is 9.96. The Morgan fingerprint density at radius 2 is 1.53 bits per heavy atom. The first-order valence-corrected chi connectivity index (χ1v) is 7.41. The maximum atomic E-state index is 13.6. The third kappa shape index (κ3) is 2.99. The molecule has 0 radical (unpaired) electrons. The van der Waals surface area contributed by atoms with Crippen LogP contribution in [0.3, 0.4) is 0 Å². The second-order valence-corrected chi connectivity index (χ2v) is 5.60. The van der Waals surface area contributed by atoms with Crippen molar-refractivity contribution < 1.29 is 4.39 Å². The molecule has 0 aliphatic rings. The predicted octanol–water partition coefficient (Wildman–Crippen LogP) is 4.21. The van der Waals surface area contributed by atoms with Crippen LogP contribution in [0.1, 0.15) is 28.3 Å². The lowest BCUT2D eigenvalue weighted by molar-refractivity contribution is 0.607. The Labute approximate surface area is 118 Å². The van der Waals surface area contributed by atoms with E-state index in [0.717, 1.165) is 11.1 Å². The Hall–Kier alpha value is -1.32. The molecule has 0 heterocycles. The third-order valence-corrected chi connectivity index (χ3v) is 4.04. The van der Waals surface area contributed by atoms with Gasteiger partial charge in [0, 0.05) is 4.90 Å². The fraction of sp³-hybridized carbons (Fsp3) is 0.250. The van der Waals surface area contributed by atoms with Gasteiger partial charge in [-0.05, 0) is 54.5 Å². The van der Waals surface area contributed by atoms with Crippen LogP contribution >= 0.6 is 11.8 Å². The van der Waals surface area contributed by atoms with Gasteiger partial charge in [-0.25, -0.2) is 4.39 Å². The highest BCUT2D eigenvalue weighted by Crippen LogP contribution is 2.25. The van der Waals surface area contributed by atoms with Crippen molar-refractivity contribution in [3.05, 3.63) is 64.5 Å². The summed E-state index contributed by atoms with van der Waals surface area (Å²) in [7, 11) is 0. The number of hydrogen-bond donors (Lipinski definition) is 1. The number of halogens is 1. The summed E-state index contributed by atoms with van der Waals surface area (Å²) in [6.45, 7) is 3.55. The molecule has 0 spiro atoms. The minimum atomic E-state index is -0.214. The quantitative estimate of drug-likeness (QED) is 0.849. The molecule has 0 bridgehead atoms. The maximum absolute atomic E-state index is 13.6. The summed E-state index contributed by atoms with van der Waals surface area (Å²) in [5.74, 6) is -0.145. The van der Waals surface area contributed by atoms with Crippen LogP contribution in [0, 0.1) is 19.7 Å². The third-order valence-electron chi connectivity index (χ3n) is 3.29. The fourth-order valence-corrected chi connectivity index (χ4v) is 2.57. The van der Waals surface area contributed by atoms with Gasteiger partial charge in [0.2, 0.25) is 0 Å². The molecule has 0 aliphatic heterocycles. The molecule has 0 aromatic heterocycles. The summed E-state index contributed by atoms with van der Waals surface area (Å²) >= 11 is 1.70. The Morgan fingerprint density at radius 1 is 1.00 bits per heavy atom. The van der Waals surface area contributed by atoms with E-state index in [1.807, 2.05) is 30.5 Å². The number of hydrogen-bond acceptors (Lipinski definition) is 2. The normalized spacial score (nSPS) is 12.5. The van der Waals surface area contributed by atoms with E-state index in [2.05, 4.69) is 12.1 Å². The lowest BCUT2D eigenvalue weighted by Crippen LogP contribution is -2.12. The number of thioether (sulfide) groups is 1. The highest BCUT2D eigenvalue weighted by atomic mass is 32.2. The van der Waals surface area contributed by atoms with Crippen LogP contribution in [0.25, 0.3) is 0 Å². The van der Waals surface area contributed by atoms with Gasteiger partial charge in [-0.3, -0.25) is 0 Å². The van der Waals surface area contributed by atoms with E-state index in [4.69, 9.17) is 5.73 Å². The van der Waals surface area contributed by atoms with Crippen LogP contribution in [-0.4, -0.2) is 6.26 Å². The molecule has 2 aromatic rings. The van der Waals surface area contributed by atoms with Crippen molar-refractivity contribution in [3.63, 3.8) is 0 Å². The van der Waals surface area contributed by atoms with Crippen molar-refractivity contribution in [2.75, 3.05) is 6.26 Å². The van der Waals surface area contributed by atoms with E-state index < -0.39 is 0 Å². The van der Waals surface area contributed by atoms with Gasteiger partial charge in [-0.2, -0.15) is 0 Å². The van der Waals surface area contributed by atoms with Gasteiger partial charge in [0.15, 0.2) is 0 Å². The summed E-state index contributed by atoms with van der Waals surface area (Å²) in [5, 5.41) is 0. The van der Waals surface area contributed by atoms with Gasteiger partial charge < -0.3 is 5.73 Å². The van der Waals surface area contributed by atoms with Crippen molar-refractivity contribution in [1.29, 1.82) is 0 Å². The molecule has 0 fully saturated rings. The minimum absolute atomic E-state index is 0.145. The van der Waals surface area contributed by atoms with E-state index in [1.54, 1.807) is 25.6 Å². The highest BCUT2D eigenvalue weighted by Gasteiger charge is 2.12. The molecule has 1 unspecified atom stereocenters. The molecular formula is C16H18FNS. The van der Waals surface area contributed by atoms with Gasteiger partial charge in [0.05, 0.1) is 6.04 Å². The second kappa shape index (κ2) is 5.76. The van der Waals surface area contributed by atoms with Gasteiger partial charge in [-0.1, -0.05) is 24.3 Å². The highest BCUT2D eigenvalue weighted by molar-refractivity contribution is 7.98. The van der Waals surface area contributed by atoms with E-state index in [1.165, 1.54) is 4.90 Å². The van der Waals surface area contributed by atoms with Crippen molar-refractivity contribution in [2.24, 2.45) is 5.73 Å². The fourth-order valence-electron chi connectivity index (χ4n) is 2.16. The topological polar surface area (TPSA) is 26.0 Å². The zero-order chi connectivity index (χ0) is 14.0. The Bertz CT molecular complexity index is 555. The van der Waals surface area contributed by atoms with Crippen LogP contribution in [0.5, 0.6) is 0 Å². The average Bonchev–Trinajstić information content (AvgIpc) is 2.43. The molecular weight excluding hydrogens is 257 g/mol. The van der Waals surface area contributed by atoms with Crippen molar-refractivity contribution >= 4 is 11.8 Å². The Morgan fingerprint density at radius 3 is 2.00 bits per heavy atom. The Kier molecular flexibility index (Phi) is 4.27. The maximum Gasteiger partial charge on any atom is 0.129 e. The van der Waals surface area contributed by atoms with Gasteiger partial charge in [0.25, 0.3) is 0 Å². The molecule has 3 heteroatoms. The van der Waals surface area contributed by atoms with E-state index >= 15 is 0 Å². The van der Waals surface area contributed by atoms with E-state index in [0.29, 0.717) is 11.1 Å².